The van der Waals surface area contributed by atoms with Gasteiger partial charge in [-0.3, -0.25) is 4.98 Å². The summed E-state index contributed by atoms with van der Waals surface area (Å²) in [6, 6.07) is 3.79. The Morgan fingerprint density at radius 2 is 2.00 bits per heavy atom. The molecule has 2 bridgehead atoms. The maximum atomic E-state index is 12.4. The molecule has 0 saturated carbocycles. The van der Waals surface area contributed by atoms with Crippen LogP contribution in [0.1, 0.15) is 36.0 Å². The number of aromatic nitrogens is 1. The molecule has 22 heavy (non-hydrogen) atoms. The van der Waals surface area contributed by atoms with Crippen LogP contribution in [-0.4, -0.2) is 53.7 Å². The summed E-state index contributed by atoms with van der Waals surface area (Å²) in [5, 5.41) is 0. The molecule has 2 aliphatic heterocycles. The van der Waals surface area contributed by atoms with Crippen molar-refractivity contribution in [3.63, 3.8) is 0 Å². The quantitative estimate of drug-likeness (QED) is 0.786. The Morgan fingerprint density at radius 1 is 1.32 bits per heavy atom. The second-order valence-corrected chi connectivity index (χ2v) is 6.08. The second-order valence-electron chi connectivity index (χ2n) is 6.08. The van der Waals surface area contributed by atoms with Crippen molar-refractivity contribution in [1.82, 2.24) is 9.88 Å². The number of methoxy groups -OCH3 is 1. The molecule has 118 valence electrons. The van der Waals surface area contributed by atoms with E-state index in [9.17, 15) is 9.59 Å². The SMILES string of the molecule is COC(=O)C1(OC(=O)c2cccnc2)CC2CCC(C1)N2C. The van der Waals surface area contributed by atoms with Crippen molar-refractivity contribution >= 4 is 11.9 Å². The molecule has 0 aliphatic carbocycles. The van der Waals surface area contributed by atoms with Crippen molar-refractivity contribution in [2.45, 2.75) is 43.4 Å². The fourth-order valence-electron chi connectivity index (χ4n) is 3.62. The van der Waals surface area contributed by atoms with Gasteiger partial charge >= 0.3 is 11.9 Å². The molecule has 3 rings (SSSR count). The Bertz CT molecular complexity index is 561. The number of esters is 2. The number of nitrogens with zero attached hydrogens (tertiary/aromatic N) is 2. The zero-order chi connectivity index (χ0) is 15.7. The Labute approximate surface area is 129 Å². The highest BCUT2D eigenvalue weighted by Crippen LogP contribution is 2.42. The van der Waals surface area contributed by atoms with E-state index in [2.05, 4.69) is 16.9 Å². The summed E-state index contributed by atoms with van der Waals surface area (Å²) in [4.78, 5) is 30.9. The van der Waals surface area contributed by atoms with Gasteiger partial charge in [0.2, 0.25) is 5.60 Å². The van der Waals surface area contributed by atoms with E-state index in [1.165, 1.54) is 13.3 Å². The van der Waals surface area contributed by atoms with Crippen LogP contribution in [0.15, 0.2) is 24.5 Å². The molecule has 2 unspecified atom stereocenters. The zero-order valence-corrected chi connectivity index (χ0v) is 12.8. The summed E-state index contributed by atoms with van der Waals surface area (Å²) < 4.78 is 10.6. The average Bonchev–Trinajstić information content (AvgIpc) is 2.77. The average molecular weight is 304 g/mol. The molecule has 1 aromatic rings. The fraction of sp³-hybridized carbons (Fsp3) is 0.562. The molecular weight excluding hydrogens is 284 g/mol. The van der Waals surface area contributed by atoms with Crippen LogP contribution in [0.3, 0.4) is 0 Å². The van der Waals surface area contributed by atoms with Crippen LogP contribution < -0.4 is 0 Å². The summed E-state index contributed by atoms with van der Waals surface area (Å²) in [6.07, 6.45) is 6.03. The monoisotopic (exact) mass is 304 g/mol. The van der Waals surface area contributed by atoms with Crippen LogP contribution in [0, 0.1) is 0 Å². The molecule has 3 heterocycles. The molecular formula is C16H20N2O4. The fourth-order valence-corrected chi connectivity index (χ4v) is 3.62. The van der Waals surface area contributed by atoms with Gasteiger partial charge in [0.25, 0.3) is 0 Å². The lowest BCUT2D eigenvalue weighted by Crippen LogP contribution is -2.56. The van der Waals surface area contributed by atoms with E-state index in [1.54, 1.807) is 18.3 Å². The molecule has 2 saturated heterocycles. The lowest BCUT2D eigenvalue weighted by Gasteiger charge is -2.42. The predicted octanol–water partition coefficient (Wildman–Crippen LogP) is 1.41. The highest BCUT2D eigenvalue weighted by atomic mass is 16.6. The summed E-state index contributed by atoms with van der Waals surface area (Å²) >= 11 is 0. The number of hydrogen-bond acceptors (Lipinski definition) is 6. The molecule has 2 aliphatic rings. The minimum Gasteiger partial charge on any atom is -0.466 e. The van der Waals surface area contributed by atoms with Crippen LogP contribution in [0.25, 0.3) is 0 Å². The molecule has 6 nitrogen and oxygen atoms in total. The number of fused-ring (bicyclic) bond motifs is 2. The largest absolute Gasteiger partial charge is 0.466 e. The van der Waals surface area contributed by atoms with Crippen molar-refractivity contribution in [1.29, 1.82) is 0 Å². The highest BCUT2D eigenvalue weighted by molar-refractivity contribution is 5.92. The van der Waals surface area contributed by atoms with Crippen LogP contribution in [0.5, 0.6) is 0 Å². The summed E-state index contributed by atoms with van der Waals surface area (Å²) in [5.41, 5.74) is -0.836. The van der Waals surface area contributed by atoms with E-state index >= 15 is 0 Å². The Hall–Kier alpha value is -1.95. The lowest BCUT2D eigenvalue weighted by molar-refractivity contribution is -0.171. The molecule has 0 spiro atoms. The van der Waals surface area contributed by atoms with Gasteiger partial charge in [0.05, 0.1) is 12.7 Å². The molecule has 0 N–H and O–H groups in total. The molecule has 6 heteroatoms. The number of carbonyl (C=O) groups is 2. The van der Waals surface area contributed by atoms with E-state index in [-0.39, 0.29) is 12.1 Å². The van der Waals surface area contributed by atoms with E-state index in [1.807, 2.05) is 0 Å². The van der Waals surface area contributed by atoms with Crippen molar-refractivity contribution in [2.24, 2.45) is 0 Å². The molecule has 0 aromatic carbocycles. The summed E-state index contributed by atoms with van der Waals surface area (Å²) in [5.74, 6) is -0.989. The highest BCUT2D eigenvalue weighted by Gasteiger charge is 2.54. The van der Waals surface area contributed by atoms with E-state index < -0.39 is 17.5 Å². The molecule has 1 aromatic heterocycles. The molecule has 0 amide bonds. The van der Waals surface area contributed by atoms with Gasteiger partial charge in [0.1, 0.15) is 0 Å². The third-order valence-corrected chi connectivity index (χ3v) is 4.86. The van der Waals surface area contributed by atoms with E-state index in [0.29, 0.717) is 18.4 Å². The Balaban J connectivity index is 1.85. The number of rotatable bonds is 3. The van der Waals surface area contributed by atoms with Gasteiger partial charge in [-0.1, -0.05) is 0 Å². The Morgan fingerprint density at radius 3 is 2.55 bits per heavy atom. The smallest absolute Gasteiger partial charge is 0.350 e. The van der Waals surface area contributed by atoms with Gasteiger partial charge in [-0.25, -0.2) is 9.59 Å². The van der Waals surface area contributed by atoms with Gasteiger partial charge in [-0.2, -0.15) is 0 Å². The minimum absolute atomic E-state index is 0.250. The van der Waals surface area contributed by atoms with Crippen molar-refractivity contribution in [3.8, 4) is 0 Å². The number of ether oxygens (including phenoxy) is 2. The normalized spacial score (nSPS) is 30.8. The van der Waals surface area contributed by atoms with Crippen molar-refractivity contribution < 1.29 is 19.1 Å². The topological polar surface area (TPSA) is 68.7 Å². The van der Waals surface area contributed by atoms with Crippen LogP contribution in [0.2, 0.25) is 0 Å². The maximum absolute atomic E-state index is 12.4. The number of piperidine rings is 1. The van der Waals surface area contributed by atoms with Crippen LogP contribution in [0.4, 0.5) is 0 Å². The summed E-state index contributed by atoms with van der Waals surface area (Å²) in [7, 11) is 3.40. The van der Waals surface area contributed by atoms with Gasteiger partial charge in [-0.15, -0.1) is 0 Å². The first-order valence-corrected chi connectivity index (χ1v) is 7.49. The third kappa shape index (κ3) is 2.47. The van der Waals surface area contributed by atoms with Gasteiger partial charge in [0, 0.05) is 37.3 Å². The van der Waals surface area contributed by atoms with Gasteiger partial charge in [-0.05, 0) is 32.0 Å². The Kier molecular flexibility index (Phi) is 3.87. The first-order valence-electron chi connectivity index (χ1n) is 7.49. The number of pyridine rings is 1. The van der Waals surface area contributed by atoms with Gasteiger partial charge in [0.15, 0.2) is 0 Å². The van der Waals surface area contributed by atoms with Crippen molar-refractivity contribution in [3.05, 3.63) is 30.1 Å². The number of carbonyl (C=O) groups excluding carboxylic acids is 2. The maximum Gasteiger partial charge on any atom is 0.350 e. The predicted molar refractivity (Wildman–Crippen MR) is 78.2 cm³/mol. The second kappa shape index (κ2) is 5.68. The van der Waals surface area contributed by atoms with Crippen molar-refractivity contribution in [2.75, 3.05) is 14.2 Å². The molecule has 0 radical (unpaired) electrons. The van der Waals surface area contributed by atoms with E-state index in [4.69, 9.17) is 9.47 Å². The van der Waals surface area contributed by atoms with Crippen LogP contribution in [-0.2, 0) is 14.3 Å². The molecule has 2 fully saturated rings. The minimum atomic E-state index is -1.18. The lowest BCUT2D eigenvalue weighted by atomic mass is 9.86. The summed E-state index contributed by atoms with van der Waals surface area (Å²) in [6.45, 7) is 0. The zero-order valence-electron chi connectivity index (χ0n) is 12.8. The number of hydrogen-bond donors (Lipinski definition) is 0. The van der Waals surface area contributed by atoms with Gasteiger partial charge < -0.3 is 14.4 Å². The van der Waals surface area contributed by atoms with E-state index in [0.717, 1.165) is 12.8 Å². The first-order chi connectivity index (χ1) is 10.6. The van der Waals surface area contributed by atoms with Crippen LogP contribution >= 0.6 is 0 Å². The molecule has 2 atom stereocenters. The standard InChI is InChI=1S/C16H20N2O4/c1-18-12-5-6-13(18)9-16(8-12,15(20)21-2)22-14(19)11-4-3-7-17-10-11/h3-4,7,10,12-13H,5-6,8-9H2,1-2H3. The first kappa shape index (κ1) is 15.0. The third-order valence-electron chi connectivity index (χ3n) is 4.86.